The monoisotopic (exact) mass is 838 g/mol. The van der Waals surface area contributed by atoms with Crippen LogP contribution < -0.4 is 10.4 Å². The predicted molar refractivity (Wildman–Crippen MR) is 284 cm³/mol. The maximum Gasteiger partial charge on any atom is -0.000741 e. The fourth-order valence-electron chi connectivity index (χ4n) is 13.6. The summed E-state index contributed by atoms with van der Waals surface area (Å²) in [6, 6.07) is 67.6. The van der Waals surface area contributed by atoms with Crippen molar-refractivity contribution in [1.29, 1.82) is 0 Å². The lowest BCUT2D eigenvalue weighted by Gasteiger charge is -2.30. The lowest BCUT2D eigenvalue weighted by molar-refractivity contribution is 0.541. The molecule has 0 unspecified atom stereocenters. The molecule has 12 aromatic carbocycles. The maximum atomic E-state index is 2.65. The number of aryl methyl sites for hydroxylation is 2. The Labute approximate surface area is 383 Å². The first-order valence-electron chi connectivity index (χ1n) is 24.0. The summed E-state index contributed by atoms with van der Waals surface area (Å²) in [6.07, 6.45) is 4.39. The molecule has 0 heteroatoms. The van der Waals surface area contributed by atoms with Gasteiger partial charge in [0.2, 0.25) is 0 Å². The van der Waals surface area contributed by atoms with Crippen molar-refractivity contribution in [2.75, 3.05) is 0 Å². The molecule has 0 bridgehead atoms. The summed E-state index contributed by atoms with van der Waals surface area (Å²) >= 11 is 0. The number of fused-ring (bicyclic) bond motifs is 14. The molecule has 0 saturated heterocycles. The van der Waals surface area contributed by atoms with Crippen LogP contribution >= 0.6 is 0 Å². The topological polar surface area (TPSA) is 0 Å². The highest BCUT2D eigenvalue weighted by Crippen LogP contribution is 2.54. The second kappa shape index (κ2) is 13.1. The molecule has 0 heterocycles. The van der Waals surface area contributed by atoms with Crippen molar-refractivity contribution in [3.63, 3.8) is 0 Å². The third-order valence-electron chi connectivity index (χ3n) is 16.2. The standard InChI is InChI=1S/C66H46/c1-66(2,3)58-34-33-48-50-30-32-52-55-36-57-56(35-54(55)51-31-29-49(60(50)61(51)52)47-27-14-28-53(58)59(47)48)62(43-25-12-17-37-15-4-6-19-39(37)43)64-45-23-10-8-21-41(45)42-22-9-11-24-46(42)65(64)63(57)44-26-13-18-38-16-5-7-20-40(38)44/h4-29,31,35-36H,30,32-34H2,1-3H3. The second-order valence-corrected chi connectivity index (χ2v) is 20.4. The molecule has 310 valence electrons. The molecule has 12 aromatic rings. The van der Waals surface area contributed by atoms with Crippen LogP contribution in [0.2, 0.25) is 0 Å². The van der Waals surface area contributed by atoms with E-state index in [1.807, 2.05) is 0 Å². The van der Waals surface area contributed by atoms with Crippen LogP contribution in [-0.2, 0) is 12.8 Å². The van der Waals surface area contributed by atoms with Crippen LogP contribution in [0.5, 0.6) is 0 Å². The molecule has 0 fully saturated rings. The highest BCUT2D eigenvalue weighted by Gasteiger charge is 2.33. The van der Waals surface area contributed by atoms with Crippen molar-refractivity contribution in [3.05, 3.63) is 203 Å². The summed E-state index contributed by atoms with van der Waals surface area (Å²) < 4.78 is 0. The molecule has 3 aliphatic rings. The van der Waals surface area contributed by atoms with Crippen molar-refractivity contribution in [2.45, 2.75) is 46.5 Å². The number of hydrogen-bond acceptors (Lipinski definition) is 0. The lowest BCUT2D eigenvalue weighted by Crippen LogP contribution is -2.25. The molecule has 0 spiro atoms. The van der Waals surface area contributed by atoms with Gasteiger partial charge in [-0.05, 0) is 195 Å². The van der Waals surface area contributed by atoms with Crippen LogP contribution in [0.25, 0.3) is 131 Å². The van der Waals surface area contributed by atoms with E-state index in [1.54, 1.807) is 16.7 Å². The minimum absolute atomic E-state index is 0.139. The molecule has 0 saturated carbocycles. The van der Waals surface area contributed by atoms with Gasteiger partial charge in [0, 0.05) is 0 Å². The van der Waals surface area contributed by atoms with Crippen molar-refractivity contribution < 1.29 is 0 Å². The van der Waals surface area contributed by atoms with Crippen LogP contribution in [-0.4, -0.2) is 0 Å². The predicted octanol–water partition coefficient (Wildman–Crippen LogP) is 16.5. The molecule has 0 atom stereocenters. The highest BCUT2D eigenvalue weighted by molar-refractivity contribution is 6.38. The maximum absolute atomic E-state index is 2.65. The Hall–Kier alpha value is -7.54. The van der Waals surface area contributed by atoms with Gasteiger partial charge in [0.05, 0.1) is 0 Å². The van der Waals surface area contributed by atoms with E-state index in [1.165, 1.54) is 141 Å². The van der Waals surface area contributed by atoms with Crippen molar-refractivity contribution in [3.8, 4) is 33.4 Å². The third-order valence-corrected chi connectivity index (χ3v) is 16.2. The summed E-state index contributed by atoms with van der Waals surface area (Å²) in [5, 5.41) is 24.4. The summed E-state index contributed by atoms with van der Waals surface area (Å²) in [6.45, 7) is 7.20. The highest BCUT2D eigenvalue weighted by atomic mass is 14.4. The number of benzene rings is 12. The largest absolute Gasteiger partial charge is 0.0616 e. The first-order chi connectivity index (χ1) is 32.4. The van der Waals surface area contributed by atoms with Gasteiger partial charge >= 0.3 is 0 Å². The fraction of sp³-hybridized carbons (Fsp3) is 0.121. The first-order valence-corrected chi connectivity index (χ1v) is 24.0. The molecule has 66 heavy (non-hydrogen) atoms. The van der Waals surface area contributed by atoms with E-state index in [9.17, 15) is 0 Å². The zero-order chi connectivity index (χ0) is 43.6. The lowest BCUT2D eigenvalue weighted by atomic mass is 9.74. The van der Waals surface area contributed by atoms with Gasteiger partial charge in [0.15, 0.2) is 0 Å². The van der Waals surface area contributed by atoms with Crippen molar-refractivity contribution >= 4 is 97.3 Å². The van der Waals surface area contributed by atoms with Crippen LogP contribution in [0.1, 0.15) is 50.3 Å². The summed E-state index contributed by atoms with van der Waals surface area (Å²) in [5.74, 6) is 0. The van der Waals surface area contributed by atoms with E-state index in [-0.39, 0.29) is 5.41 Å². The molecule has 0 N–H and O–H groups in total. The van der Waals surface area contributed by atoms with Crippen molar-refractivity contribution in [2.24, 2.45) is 5.41 Å². The van der Waals surface area contributed by atoms with Gasteiger partial charge in [0.25, 0.3) is 0 Å². The zero-order valence-corrected chi connectivity index (χ0v) is 37.6. The van der Waals surface area contributed by atoms with Gasteiger partial charge in [-0.1, -0.05) is 190 Å². The average Bonchev–Trinajstić information content (AvgIpc) is 3.67. The Bertz CT molecular complexity index is 4350. The summed E-state index contributed by atoms with van der Waals surface area (Å²) in [7, 11) is 0. The van der Waals surface area contributed by atoms with Gasteiger partial charge in [-0.2, -0.15) is 0 Å². The first kappa shape index (κ1) is 36.8. The number of rotatable bonds is 2. The molecular weight excluding hydrogens is 793 g/mol. The van der Waals surface area contributed by atoms with Gasteiger partial charge in [-0.15, -0.1) is 0 Å². The van der Waals surface area contributed by atoms with Crippen LogP contribution in [0, 0.1) is 5.41 Å². The van der Waals surface area contributed by atoms with Crippen LogP contribution in [0.4, 0.5) is 0 Å². The summed E-state index contributed by atoms with van der Waals surface area (Å²) in [5.41, 5.74) is 15.9. The molecular formula is C66H46. The Kier molecular flexibility index (Phi) is 7.27. The second-order valence-electron chi connectivity index (χ2n) is 20.4. The molecule has 0 amide bonds. The molecule has 0 radical (unpaired) electrons. The van der Waals surface area contributed by atoms with Gasteiger partial charge in [-0.3, -0.25) is 0 Å². The van der Waals surface area contributed by atoms with Gasteiger partial charge in [-0.25, -0.2) is 0 Å². The van der Waals surface area contributed by atoms with E-state index in [2.05, 4.69) is 197 Å². The Morgan fingerprint density at radius 3 is 1.41 bits per heavy atom. The Balaban J connectivity index is 1.17. The van der Waals surface area contributed by atoms with Crippen LogP contribution in [0.3, 0.4) is 0 Å². The SMILES string of the molecule is CC(C)(C)C1=c2cccc3c2c(c2c4c5c(ccc43)-c3cc4c(-c6cccc7ccccc67)c6c7ccccc7c7ccccc7c6c(-c6cccc7ccccc67)c4cc3C=5CC2)CC1. The van der Waals surface area contributed by atoms with E-state index in [4.69, 9.17) is 0 Å². The molecule has 0 aliphatic heterocycles. The molecule has 0 aromatic heterocycles. The number of hydrogen-bond donors (Lipinski definition) is 0. The van der Waals surface area contributed by atoms with E-state index < -0.39 is 0 Å². The quantitative estimate of drug-likeness (QED) is 0.120. The van der Waals surface area contributed by atoms with Crippen LogP contribution in [0.15, 0.2) is 176 Å². The van der Waals surface area contributed by atoms with E-state index in [0.717, 1.165) is 25.7 Å². The molecule has 15 rings (SSSR count). The van der Waals surface area contributed by atoms with E-state index in [0.29, 0.717) is 0 Å². The summed E-state index contributed by atoms with van der Waals surface area (Å²) in [4.78, 5) is 0. The third kappa shape index (κ3) is 4.74. The fourth-order valence-corrected chi connectivity index (χ4v) is 13.6. The smallest absolute Gasteiger partial charge is 0.000741 e. The zero-order valence-electron chi connectivity index (χ0n) is 37.6. The van der Waals surface area contributed by atoms with Gasteiger partial charge in [0.1, 0.15) is 0 Å². The molecule has 3 aliphatic carbocycles. The minimum atomic E-state index is 0.139. The normalized spacial score (nSPS) is 14.3. The van der Waals surface area contributed by atoms with Crippen molar-refractivity contribution in [1.82, 2.24) is 0 Å². The minimum Gasteiger partial charge on any atom is -0.0616 e. The Morgan fingerprint density at radius 1 is 0.318 bits per heavy atom. The average molecular weight is 839 g/mol. The Morgan fingerprint density at radius 2 is 0.788 bits per heavy atom. The molecule has 0 nitrogen and oxygen atoms in total. The van der Waals surface area contributed by atoms with Gasteiger partial charge < -0.3 is 0 Å². The van der Waals surface area contributed by atoms with E-state index >= 15 is 0 Å².